The second-order valence-electron chi connectivity index (χ2n) is 3.83. The molecule has 72 valence electrons. The van der Waals surface area contributed by atoms with Crippen LogP contribution in [0.25, 0.3) is 0 Å². The molecule has 0 spiro atoms. The fourth-order valence-electron chi connectivity index (χ4n) is 2.29. The van der Waals surface area contributed by atoms with E-state index in [0.29, 0.717) is 12.0 Å². The van der Waals surface area contributed by atoms with Crippen molar-refractivity contribution in [3.8, 4) is 0 Å². The number of hydrogen-bond acceptors (Lipinski definition) is 2. The van der Waals surface area contributed by atoms with Crippen LogP contribution < -0.4 is 5.73 Å². The van der Waals surface area contributed by atoms with E-state index in [-0.39, 0.29) is 0 Å². The normalized spacial score (nSPS) is 29.0. The summed E-state index contributed by atoms with van der Waals surface area (Å²) in [6, 6.07) is 2.54. The molecular weight excluding hydrogens is 162 g/mol. The van der Waals surface area contributed by atoms with Gasteiger partial charge in [-0.15, -0.1) is 0 Å². The topological polar surface area (TPSA) is 43.8 Å². The van der Waals surface area contributed by atoms with E-state index in [9.17, 15) is 0 Å². The molecule has 1 aliphatic carbocycles. The van der Waals surface area contributed by atoms with Crippen LogP contribution in [0.3, 0.4) is 0 Å². The maximum Gasteiger partial charge on any atom is 0.0559 e. The average Bonchev–Trinajstić information content (AvgIpc) is 2.70. The molecule has 2 rings (SSSR count). The van der Waals surface area contributed by atoms with Crippen LogP contribution in [0.4, 0.5) is 0 Å². The second kappa shape index (κ2) is 3.92. The first kappa shape index (κ1) is 8.75. The second-order valence-corrected chi connectivity index (χ2v) is 3.83. The lowest BCUT2D eigenvalue weighted by atomic mass is 9.85. The Kier molecular flexibility index (Phi) is 2.64. The standard InChI is InChI=1S/C10H17N3/c11-8-9-4-1-2-5-10(9)13-7-3-6-12-13/h3,6-7,9-10H,1-2,4-5,8,11H2. The molecule has 0 aromatic carbocycles. The molecule has 3 heteroatoms. The molecule has 0 aliphatic heterocycles. The molecular formula is C10H17N3. The highest BCUT2D eigenvalue weighted by atomic mass is 15.3. The van der Waals surface area contributed by atoms with Gasteiger partial charge in [-0.1, -0.05) is 12.8 Å². The maximum atomic E-state index is 5.76. The van der Waals surface area contributed by atoms with Crippen molar-refractivity contribution in [2.45, 2.75) is 31.7 Å². The van der Waals surface area contributed by atoms with Crippen LogP contribution >= 0.6 is 0 Å². The molecule has 0 bridgehead atoms. The van der Waals surface area contributed by atoms with Crippen molar-refractivity contribution < 1.29 is 0 Å². The van der Waals surface area contributed by atoms with E-state index >= 15 is 0 Å². The largest absolute Gasteiger partial charge is 0.330 e. The van der Waals surface area contributed by atoms with Crippen LogP contribution in [0.1, 0.15) is 31.7 Å². The smallest absolute Gasteiger partial charge is 0.0559 e. The molecule has 1 aromatic rings. The summed E-state index contributed by atoms with van der Waals surface area (Å²) in [7, 11) is 0. The minimum Gasteiger partial charge on any atom is -0.330 e. The number of rotatable bonds is 2. The predicted molar refractivity (Wildman–Crippen MR) is 52.3 cm³/mol. The minimum atomic E-state index is 0.550. The zero-order chi connectivity index (χ0) is 9.10. The Morgan fingerprint density at radius 1 is 1.38 bits per heavy atom. The van der Waals surface area contributed by atoms with Crippen molar-refractivity contribution in [2.24, 2.45) is 11.7 Å². The molecule has 2 atom stereocenters. The van der Waals surface area contributed by atoms with Crippen LogP contribution in [0.2, 0.25) is 0 Å². The Balaban J connectivity index is 2.11. The minimum absolute atomic E-state index is 0.550. The molecule has 1 aliphatic rings. The third-order valence-electron chi connectivity index (χ3n) is 3.04. The van der Waals surface area contributed by atoms with Gasteiger partial charge in [0.1, 0.15) is 0 Å². The van der Waals surface area contributed by atoms with Gasteiger partial charge in [-0.25, -0.2) is 0 Å². The third-order valence-corrected chi connectivity index (χ3v) is 3.04. The van der Waals surface area contributed by atoms with Gasteiger partial charge in [-0.2, -0.15) is 5.10 Å². The van der Waals surface area contributed by atoms with E-state index < -0.39 is 0 Å². The summed E-state index contributed by atoms with van der Waals surface area (Å²) in [5, 5.41) is 4.30. The number of nitrogens with two attached hydrogens (primary N) is 1. The summed E-state index contributed by atoms with van der Waals surface area (Å²) in [4.78, 5) is 0. The van der Waals surface area contributed by atoms with Crippen LogP contribution in [-0.2, 0) is 0 Å². The predicted octanol–water partition coefficient (Wildman–Crippen LogP) is 1.57. The van der Waals surface area contributed by atoms with E-state index in [4.69, 9.17) is 5.73 Å². The van der Waals surface area contributed by atoms with Gasteiger partial charge in [0.2, 0.25) is 0 Å². The first-order valence-corrected chi connectivity index (χ1v) is 5.11. The molecule has 0 radical (unpaired) electrons. The van der Waals surface area contributed by atoms with Gasteiger partial charge >= 0.3 is 0 Å². The zero-order valence-electron chi connectivity index (χ0n) is 7.89. The maximum absolute atomic E-state index is 5.76. The monoisotopic (exact) mass is 179 g/mol. The summed E-state index contributed by atoms with van der Waals surface area (Å²) >= 11 is 0. The molecule has 1 saturated carbocycles. The third kappa shape index (κ3) is 1.75. The lowest BCUT2D eigenvalue weighted by Gasteiger charge is -2.30. The molecule has 1 fully saturated rings. The van der Waals surface area contributed by atoms with E-state index in [0.717, 1.165) is 6.54 Å². The molecule has 0 amide bonds. The lowest BCUT2D eigenvalue weighted by Crippen LogP contribution is -2.29. The molecule has 2 N–H and O–H groups in total. The van der Waals surface area contributed by atoms with Crippen molar-refractivity contribution in [2.75, 3.05) is 6.54 Å². The Morgan fingerprint density at radius 2 is 2.23 bits per heavy atom. The van der Waals surface area contributed by atoms with Gasteiger partial charge in [-0.3, -0.25) is 4.68 Å². The summed E-state index contributed by atoms with van der Waals surface area (Å²) in [5.74, 6) is 0.633. The lowest BCUT2D eigenvalue weighted by molar-refractivity contribution is 0.229. The molecule has 2 unspecified atom stereocenters. The van der Waals surface area contributed by atoms with Crippen LogP contribution in [-0.4, -0.2) is 16.3 Å². The number of aromatic nitrogens is 2. The highest BCUT2D eigenvalue weighted by Gasteiger charge is 2.25. The molecule has 1 aromatic heterocycles. The van der Waals surface area contributed by atoms with Crippen molar-refractivity contribution >= 4 is 0 Å². The van der Waals surface area contributed by atoms with E-state index in [2.05, 4.69) is 16.0 Å². The van der Waals surface area contributed by atoms with Crippen molar-refractivity contribution in [1.29, 1.82) is 0 Å². The van der Waals surface area contributed by atoms with Gasteiger partial charge < -0.3 is 5.73 Å². The molecule has 1 heterocycles. The van der Waals surface area contributed by atoms with Crippen molar-refractivity contribution in [3.05, 3.63) is 18.5 Å². The Bertz CT molecular complexity index is 243. The molecule has 0 saturated heterocycles. The van der Waals surface area contributed by atoms with E-state index in [1.54, 1.807) is 0 Å². The number of nitrogens with zero attached hydrogens (tertiary/aromatic N) is 2. The summed E-state index contributed by atoms with van der Waals surface area (Å²) < 4.78 is 2.08. The van der Waals surface area contributed by atoms with Gasteiger partial charge in [0.15, 0.2) is 0 Å². The SMILES string of the molecule is NCC1CCCCC1n1cccn1. The van der Waals surface area contributed by atoms with Crippen LogP contribution in [0, 0.1) is 5.92 Å². The number of hydrogen-bond donors (Lipinski definition) is 1. The van der Waals surface area contributed by atoms with Gasteiger partial charge in [0, 0.05) is 12.4 Å². The summed E-state index contributed by atoms with van der Waals surface area (Å²) in [6.07, 6.45) is 9.06. The van der Waals surface area contributed by atoms with Crippen molar-refractivity contribution in [3.63, 3.8) is 0 Å². The van der Waals surface area contributed by atoms with Crippen LogP contribution in [0.5, 0.6) is 0 Å². The molecule has 13 heavy (non-hydrogen) atoms. The van der Waals surface area contributed by atoms with Crippen molar-refractivity contribution in [1.82, 2.24) is 9.78 Å². The quantitative estimate of drug-likeness (QED) is 0.749. The first-order valence-electron chi connectivity index (χ1n) is 5.11. The molecule has 3 nitrogen and oxygen atoms in total. The van der Waals surface area contributed by atoms with E-state index in [1.807, 2.05) is 12.3 Å². The van der Waals surface area contributed by atoms with E-state index in [1.165, 1.54) is 25.7 Å². The highest BCUT2D eigenvalue weighted by molar-refractivity contribution is 4.86. The summed E-state index contributed by atoms with van der Waals surface area (Å²) in [5.41, 5.74) is 5.76. The Labute approximate surface area is 78.9 Å². The fraction of sp³-hybridized carbons (Fsp3) is 0.700. The fourth-order valence-corrected chi connectivity index (χ4v) is 2.29. The zero-order valence-corrected chi connectivity index (χ0v) is 7.89. The highest BCUT2D eigenvalue weighted by Crippen LogP contribution is 2.32. The average molecular weight is 179 g/mol. The van der Waals surface area contributed by atoms with Gasteiger partial charge in [0.05, 0.1) is 6.04 Å². The summed E-state index contributed by atoms with van der Waals surface area (Å²) in [6.45, 7) is 0.796. The van der Waals surface area contributed by atoms with Gasteiger partial charge in [-0.05, 0) is 31.4 Å². The Morgan fingerprint density at radius 3 is 2.92 bits per heavy atom. The Hall–Kier alpha value is -0.830. The van der Waals surface area contributed by atoms with Gasteiger partial charge in [0.25, 0.3) is 0 Å². The van der Waals surface area contributed by atoms with Crippen LogP contribution in [0.15, 0.2) is 18.5 Å². The first-order chi connectivity index (χ1) is 6.42.